The van der Waals surface area contributed by atoms with E-state index in [-0.39, 0.29) is 5.41 Å². The predicted octanol–water partition coefficient (Wildman–Crippen LogP) is 8.20. The monoisotopic (exact) mass is 504 g/mol. The molecule has 4 aromatic carbocycles. The standard InChI is InChI=1S/C34H24N4O/c1-34(2)25-19-11-9-17-23(25)27-28-29(39-30(27)34)24-18-10-12-20-26(24)38(28)33-36-31(21-13-5-3-6-14-21)35-32(37-33)22-15-7-4-8-16-22/h3-20H,1-2H3. The topological polar surface area (TPSA) is 56.7 Å². The summed E-state index contributed by atoms with van der Waals surface area (Å²) in [5, 5.41) is 1.04. The first-order chi connectivity index (χ1) is 19.1. The van der Waals surface area contributed by atoms with Gasteiger partial charge in [-0.25, -0.2) is 4.98 Å². The van der Waals surface area contributed by atoms with Crippen LogP contribution in [-0.4, -0.2) is 19.5 Å². The van der Waals surface area contributed by atoms with Gasteiger partial charge < -0.3 is 4.42 Å². The Bertz CT molecular complexity index is 1980. The molecule has 0 amide bonds. The number of hydrogen-bond acceptors (Lipinski definition) is 4. The van der Waals surface area contributed by atoms with E-state index in [9.17, 15) is 0 Å². The molecular formula is C34H24N4O. The smallest absolute Gasteiger partial charge is 0.238 e. The minimum atomic E-state index is -0.250. The molecule has 1 aliphatic carbocycles. The summed E-state index contributed by atoms with van der Waals surface area (Å²) in [5.41, 5.74) is 8.06. The van der Waals surface area contributed by atoms with Crippen LogP contribution in [0.1, 0.15) is 25.2 Å². The average Bonchev–Trinajstić information content (AvgIpc) is 3.60. The molecule has 1 aliphatic rings. The summed E-state index contributed by atoms with van der Waals surface area (Å²) >= 11 is 0. The van der Waals surface area contributed by atoms with Crippen molar-refractivity contribution in [2.75, 3.05) is 0 Å². The number of benzene rings is 4. The van der Waals surface area contributed by atoms with Crippen molar-refractivity contribution in [1.29, 1.82) is 0 Å². The van der Waals surface area contributed by atoms with Gasteiger partial charge in [-0.3, -0.25) is 4.57 Å². The molecule has 39 heavy (non-hydrogen) atoms. The molecular weight excluding hydrogens is 480 g/mol. The zero-order valence-corrected chi connectivity index (χ0v) is 21.6. The molecule has 0 spiro atoms. The molecule has 0 saturated carbocycles. The van der Waals surface area contributed by atoms with Gasteiger partial charge in [0.1, 0.15) is 11.3 Å². The molecule has 0 radical (unpaired) electrons. The van der Waals surface area contributed by atoms with Crippen molar-refractivity contribution in [2.45, 2.75) is 19.3 Å². The zero-order chi connectivity index (χ0) is 26.1. The number of hydrogen-bond donors (Lipinski definition) is 0. The van der Waals surface area contributed by atoms with E-state index in [0.717, 1.165) is 44.5 Å². The van der Waals surface area contributed by atoms with Crippen LogP contribution in [0.25, 0.3) is 61.9 Å². The first-order valence-corrected chi connectivity index (χ1v) is 13.1. The molecule has 0 aliphatic heterocycles. The summed E-state index contributed by atoms with van der Waals surface area (Å²) in [7, 11) is 0. The molecule has 0 saturated heterocycles. The van der Waals surface area contributed by atoms with Crippen molar-refractivity contribution >= 4 is 22.0 Å². The number of para-hydroxylation sites is 1. The maximum Gasteiger partial charge on any atom is 0.238 e. The molecule has 5 nitrogen and oxygen atoms in total. The lowest BCUT2D eigenvalue weighted by atomic mass is 9.86. The van der Waals surface area contributed by atoms with E-state index in [4.69, 9.17) is 19.4 Å². The van der Waals surface area contributed by atoms with Gasteiger partial charge >= 0.3 is 0 Å². The Labute approximate surface area is 225 Å². The SMILES string of the molecule is CC1(C)c2ccccc2-c2c1oc1c3ccccc3n(-c3nc(-c4ccccc4)nc(-c4ccccc4)n3)c21. The molecule has 0 unspecified atom stereocenters. The molecule has 0 fully saturated rings. The Kier molecular flexibility index (Phi) is 4.50. The first-order valence-electron chi connectivity index (χ1n) is 13.1. The summed E-state index contributed by atoms with van der Waals surface area (Å²) in [6.07, 6.45) is 0. The number of aromatic nitrogens is 4. The number of fused-ring (bicyclic) bond motifs is 7. The Morgan fingerprint density at radius 1 is 0.641 bits per heavy atom. The van der Waals surface area contributed by atoms with Crippen LogP contribution >= 0.6 is 0 Å². The molecule has 0 bridgehead atoms. The molecule has 0 atom stereocenters. The van der Waals surface area contributed by atoms with Gasteiger partial charge in [-0.2, -0.15) is 9.97 Å². The van der Waals surface area contributed by atoms with Gasteiger partial charge in [0.2, 0.25) is 5.95 Å². The minimum Gasteiger partial charge on any atom is -0.457 e. The third kappa shape index (κ3) is 3.10. The van der Waals surface area contributed by atoms with Crippen LogP contribution in [0.3, 0.4) is 0 Å². The number of furan rings is 1. The van der Waals surface area contributed by atoms with E-state index in [1.807, 2.05) is 66.7 Å². The predicted molar refractivity (Wildman–Crippen MR) is 155 cm³/mol. The van der Waals surface area contributed by atoms with Crippen molar-refractivity contribution in [3.8, 4) is 39.9 Å². The lowest BCUT2D eigenvalue weighted by molar-refractivity contribution is 0.466. The van der Waals surface area contributed by atoms with Gasteiger partial charge in [-0.15, -0.1) is 0 Å². The lowest BCUT2D eigenvalue weighted by Crippen LogP contribution is -2.14. The molecule has 7 aromatic rings. The third-order valence-corrected chi connectivity index (χ3v) is 7.82. The summed E-state index contributed by atoms with van der Waals surface area (Å²) in [6.45, 7) is 4.47. The van der Waals surface area contributed by atoms with Crippen molar-refractivity contribution in [3.63, 3.8) is 0 Å². The molecule has 3 heterocycles. The summed E-state index contributed by atoms with van der Waals surface area (Å²) < 4.78 is 8.92. The van der Waals surface area contributed by atoms with Crippen molar-refractivity contribution in [3.05, 3.63) is 121 Å². The van der Waals surface area contributed by atoms with Crippen LogP contribution in [0.5, 0.6) is 0 Å². The van der Waals surface area contributed by atoms with Crippen LogP contribution < -0.4 is 0 Å². The largest absolute Gasteiger partial charge is 0.457 e. The second kappa shape index (κ2) is 7.98. The Hall–Kier alpha value is -5.03. The highest BCUT2D eigenvalue weighted by atomic mass is 16.3. The maximum absolute atomic E-state index is 6.76. The Morgan fingerprint density at radius 3 is 1.92 bits per heavy atom. The summed E-state index contributed by atoms with van der Waals surface area (Å²) in [4.78, 5) is 15.0. The van der Waals surface area contributed by atoms with Crippen LogP contribution in [0.2, 0.25) is 0 Å². The zero-order valence-electron chi connectivity index (χ0n) is 21.6. The van der Waals surface area contributed by atoms with E-state index in [2.05, 4.69) is 60.9 Å². The van der Waals surface area contributed by atoms with Crippen LogP contribution in [-0.2, 0) is 5.41 Å². The fourth-order valence-corrected chi connectivity index (χ4v) is 5.96. The minimum absolute atomic E-state index is 0.250. The van der Waals surface area contributed by atoms with E-state index in [1.54, 1.807) is 0 Å². The summed E-state index contributed by atoms with van der Waals surface area (Å²) in [5.74, 6) is 2.81. The van der Waals surface area contributed by atoms with Gasteiger partial charge in [-0.1, -0.05) is 97.1 Å². The van der Waals surface area contributed by atoms with Gasteiger partial charge in [0.15, 0.2) is 17.2 Å². The average molecular weight is 505 g/mol. The van der Waals surface area contributed by atoms with Gasteiger partial charge in [0, 0.05) is 27.5 Å². The summed E-state index contributed by atoms with van der Waals surface area (Å²) in [6, 6.07) is 37.1. The van der Waals surface area contributed by atoms with Crippen LogP contribution in [0, 0.1) is 0 Å². The fourth-order valence-electron chi connectivity index (χ4n) is 5.96. The van der Waals surface area contributed by atoms with Gasteiger partial charge in [0.05, 0.1) is 5.52 Å². The van der Waals surface area contributed by atoms with E-state index in [1.165, 1.54) is 11.1 Å². The fraction of sp³-hybridized carbons (Fsp3) is 0.0882. The maximum atomic E-state index is 6.76. The Balaban J connectivity index is 1.50. The highest BCUT2D eigenvalue weighted by Crippen LogP contribution is 2.54. The van der Waals surface area contributed by atoms with Crippen molar-refractivity contribution in [2.24, 2.45) is 0 Å². The normalized spacial score (nSPS) is 13.6. The van der Waals surface area contributed by atoms with Crippen LogP contribution in [0.4, 0.5) is 0 Å². The molecule has 186 valence electrons. The van der Waals surface area contributed by atoms with E-state index in [0.29, 0.717) is 17.6 Å². The number of rotatable bonds is 3. The van der Waals surface area contributed by atoms with Crippen molar-refractivity contribution in [1.82, 2.24) is 19.5 Å². The second-order valence-electron chi connectivity index (χ2n) is 10.5. The molecule has 8 rings (SSSR count). The highest BCUT2D eigenvalue weighted by Gasteiger charge is 2.42. The first kappa shape index (κ1) is 22.0. The molecule has 5 heteroatoms. The highest BCUT2D eigenvalue weighted by molar-refractivity contribution is 6.13. The van der Waals surface area contributed by atoms with E-state index >= 15 is 0 Å². The third-order valence-electron chi connectivity index (χ3n) is 7.82. The van der Waals surface area contributed by atoms with Crippen LogP contribution in [0.15, 0.2) is 114 Å². The molecule has 0 N–H and O–H groups in total. The van der Waals surface area contributed by atoms with Crippen molar-refractivity contribution < 1.29 is 4.42 Å². The molecule has 3 aromatic heterocycles. The second-order valence-corrected chi connectivity index (χ2v) is 10.5. The number of nitrogens with zero attached hydrogens (tertiary/aromatic N) is 4. The van der Waals surface area contributed by atoms with Gasteiger partial charge in [0.25, 0.3) is 0 Å². The quantitative estimate of drug-likeness (QED) is 0.243. The Morgan fingerprint density at radius 2 is 1.23 bits per heavy atom. The van der Waals surface area contributed by atoms with Gasteiger partial charge in [-0.05, 0) is 37.1 Å². The van der Waals surface area contributed by atoms with E-state index < -0.39 is 0 Å². The lowest BCUT2D eigenvalue weighted by Gasteiger charge is -2.18.